The maximum atomic E-state index is 12.3. The zero-order valence-corrected chi connectivity index (χ0v) is 12.2. The van der Waals surface area contributed by atoms with Gasteiger partial charge in [0.25, 0.3) is 5.91 Å². The molecule has 0 unspecified atom stereocenters. The minimum absolute atomic E-state index is 0.0584. The van der Waals surface area contributed by atoms with Gasteiger partial charge in [-0.25, -0.2) is 0 Å². The van der Waals surface area contributed by atoms with Crippen molar-refractivity contribution in [2.45, 2.75) is 39.5 Å². The zero-order valence-electron chi connectivity index (χ0n) is 12.2. The topological polar surface area (TPSA) is 58.2 Å². The van der Waals surface area contributed by atoms with Crippen molar-refractivity contribution in [3.05, 3.63) is 29.8 Å². The predicted molar refractivity (Wildman–Crippen MR) is 79.7 cm³/mol. The van der Waals surface area contributed by atoms with E-state index in [1.807, 2.05) is 19.9 Å². The third-order valence-corrected chi connectivity index (χ3v) is 3.98. The summed E-state index contributed by atoms with van der Waals surface area (Å²) in [5.74, 6) is -0.0567. The Kier molecular flexibility index (Phi) is 4.42. The van der Waals surface area contributed by atoms with E-state index in [1.54, 1.807) is 18.2 Å². The largest absolute Gasteiger partial charge is 0.352 e. The lowest BCUT2D eigenvalue weighted by molar-refractivity contribution is -0.124. The van der Waals surface area contributed by atoms with Crippen molar-refractivity contribution in [1.29, 1.82) is 0 Å². The van der Waals surface area contributed by atoms with E-state index >= 15 is 0 Å². The van der Waals surface area contributed by atoms with Crippen molar-refractivity contribution in [3.8, 4) is 0 Å². The SMILES string of the molecule is CCNC(=O)c1cccc(NC(=O)C2(C)CCCC2)c1. The molecule has 1 aliphatic rings. The molecule has 2 N–H and O–H groups in total. The Balaban J connectivity index is 2.08. The van der Waals surface area contributed by atoms with Gasteiger partial charge in [-0.2, -0.15) is 0 Å². The van der Waals surface area contributed by atoms with Crippen LogP contribution in [0.2, 0.25) is 0 Å². The second-order valence-electron chi connectivity index (χ2n) is 5.66. The molecule has 0 bridgehead atoms. The molecule has 1 aromatic carbocycles. The predicted octanol–water partition coefficient (Wildman–Crippen LogP) is 2.96. The normalized spacial score (nSPS) is 16.7. The molecule has 0 radical (unpaired) electrons. The average Bonchev–Trinajstić information content (AvgIpc) is 2.88. The highest BCUT2D eigenvalue weighted by Gasteiger charge is 2.36. The molecule has 0 saturated heterocycles. The quantitative estimate of drug-likeness (QED) is 0.887. The van der Waals surface area contributed by atoms with Crippen molar-refractivity contribution in [2.24, 2.45) is 5.41 Å². The van der Waals surface area contributed by atoms with E-state index in [2.05, 4.69) is 10.6 Å². The number of nitrogens with one attached hydrogen (secondary N) is 2. The monoisotopic (exact) mass is 274 g/mol. The third kappa shape index (κ3) is 3.18. The summed E-state index contributed by atoms with van der Waals surface area (Å²) in [6, 6.07) is 7.08. The molecular formula is C16H22N2O2. The van der Waals surface area contributed by atoms with Gasteiger partial charge in [-0.05, 0) is 38.0 Å². The molecule has 1 aromatic rings. The van der Waals surface area contributed by atoms with Gasteiger partial charge < -0.3 is 10.6 Å². The second-order valence-corrected chi connectivity index (χ2v) is 5.66. The lowest BCUT2D eigenvalue weighted by atomic mass is 9.88. The molecule has 0 spiro atoms. The number of carbonyl (C=O) groups excluding carboxylic acids is 2. The first kappa shape index (κ1) is 14.6. The lowest BCUT2D eigenvalue weighted by Crippen LogP contribution is -2.31. The Morgan fingerprint density at radius 1 is 1.25 bits per heavy atom. The summed E-state index contributed by atoms with van der Waals surface area (Å²) in [5.41, 5.74) is 0.995. The van der Waals surface area contributed by atoms with Crippen molar-refractivity contribution < 1.29 is 9.59 Å². The van der Waals surface area contributed by atoms with E-state index in [1.165, 1.54) is 0 Å². The van der Waals surface area contributed by atoms with E-state index in [0.29, 0.717) is 17.8 Å². The number of benzene rings is 1. The fourth-order valence-corrected chi connectivity index (χ4v) is 2.67. The smallest absolute Gasteiger partial charge is 0.251 e. The number of anilines is 1. The van der Waals surface area contributed by atoms with Crippen molar-refractivity contribution >= 4 is 17.5 Å². The molecule has 108 valence electrons. The van der Waals surface area contributed by atoms with Gasteiger partial charge in [0.1, 0.15) is 0 Å². The average molecular weight is 274 g/mol. The molecule has 2 amide bonds. The van der Waals surface area contributed by atoms with E-state index in [-0.39, 0.29) is 17.2 Å². The molecule has 2 rings (SSSR count). The van der Waals surface area contributed by atoms with Crippen LogP contribution in [0.4, 0.5) is 5.69 Å². The number of hydrogen-bond donors (Lipinski definition) is 2. The van der Waals surface area contributed by atoms with Crippen LogP contribution in [0, 0.1) is 5.41 Å². The molecular weight excluding hydrogens is 252 g/mol. The summed E-state index contributed by atoms with van der Waals surface area (Å²) in [5, 5.41) is 5.70. The van der Waals surface area contributed by atoms with Gasteiger partial charge in [0, 0.05) is 23.2 Å². The van der Waals surface area contributed by atoms with Crippen LogP contribution in [0.1, 0.15) is 49.9 Å². The van der Waals surface area contributed by atoms with Crippen LogP contribution in [0.5, 0.6) is 0 Å². The van der Waals surface area contributed by atoms with Crippen molar-refractivity contribution in [2.75, 3.05) is 11.9 Å². The fourth-order valence-electron chi connectivity index (χ4n) is 2.67. The number of carbonyl (C=O) groups is 2. The van der Waals surface area contributed by atoms with Crippen LogP contribution in [0.3, 0.4) is 0 Å². The first-order valence-electron chi connectivity index (χ1n) is 7.25. The summed E-state index contributed by atoms with van der Waals surface area (Å²) in [7, 11) is 0. The van der Waals surface area contributed by atoms with Gasteiger partial charge in [0.15, 0.2) is 0 Å². The number of hydrogen-bond acceptors (Lipinski definition) is 2. The molecule has 0 heterocycles. The zero-order chi connectivity index (χ0) is 14.6. The standard InChI is InChI=1S/C16H22N2O2/c1-3-17-14(19)12-7-6-8-13(11-12)18-15(20)16(2)9-4-5-10-16/h6-8,11H,3-5,9-10H2,1-2H3,(H,17,19)(H,18,20). The van der Waals surface area contributed by atoms with Gasteiger partial charge in [0.2, 0.25) is 5.91 Å². The van der Waals surface area contributed by atoms with E-state index in [0.717, 1.165) is 25.7 Å². The highest BCUT2D eigenvalue weighted by molar-refractivity contribution is 5.98. The molecule has 4 heteroatoms. The fraction of sp³-hybridized carbons (Fsp3) is 0.500. The van der Waals surface area contributed by atoms with Gasteiger partial charge in [-0.1, -0.05) is 25.8 Å². The van der Waals surface area contributed by atoms with Crippen LogP contribution in [0.15, 0.2) is 24.3 Å². The molecule has 0 aromatic heterocycles. The van der Waals surface area contributed by atoms with Crippen LogP contribution >= 0.6 is 0 Å². The summed E-state index contributed by atoms with van der Waals surface area (Å²) in [6.07, 6.45) is 4.11. The first-order chi connectivity index (χ1) is 9.55. The summed E-state index contributed by atoms with van der Waals surface area (Å²) >= 11 is 0. The van der Waals surface area contributed by atoms with E-state index < -0.39 is 0 Å². The van der Waals surface area contributed by atoms with Gasteiger partial charge >= 0.3 is 0 Å². The Hall–Kier alpha value is -1.84. The third-order valence-electron chi connectivity index (χ3n) is 3.98. The Morgan fingerprint density at radius 3 is 2.60 bits per heavy atom. The molecule has 0 aliphatic heterocycles. The molecule has 1 fully saturated rings. The number of amides is 2. The number of rotatable bonds is 4. The highest BCUT2D eigenvalue weighted by Crippen LogP contribution is 2.38. The summed E-state index contributed by atoms with van der Waals surface area (Å²) in [6.45, 7) is 4.49. The Morgan fingerprint density at radius 2 is 1.95 bits per heavy atom. The minimum Gasteiger partial charge on any atom is -0.352 e. The maximum absolute atomic E-state index is 12.3. The molecule has 20 heavy (non-hydrogen) atoms. The molecule has 1 saturated carbocycles. The minimum atomic E-state index is -0.262. The van der Waals surface area contributed by atoms with Crippen LogP contribution < -0.4 is 10.6 Å². The highest BCUT2D eigenvalue weighted by atomic mass is 16.2. The van der Waals surface area contributed by atoms with Crippen molar-refractivity contribution in [3.63, 3.8) is 0 Å². The van der Waals surface area contributed by atoms with Crippen molar-refractivity contribution in [1.82, 2.24) is 5.32 Å². The molecule has 0 atom stereocenters. The second kappa shape index (κ2) is 6.07. The van der Waals surface area contributed by atoms with Gasteiger partial charge in [-0.15, -0.1) is 0 Å². The molecule has 1 aliphatic carbocycles. The van der Waals surface area contributed by atoms with E-state index in [4.69, 9.17) is 0 Å². The van der Waals surface area contributed by atoms with Gasteiger partial charge in [-0.3, -0.25) is 9.59 Å². The van der Waals surface area contributed by atoms with Crippen LogP contribution in [-0.2, 0) is 4.79 Å². The maximum Gasteiger partial charge on any atom is 0.251 e. The van der Waals surface area contributed by atoms with E-state index in [9.17, 15) is 9.59 Å². The van der Waals surface area contributed by atoms with Crippen LogP contribution in [-0.4, -0.2) is 18.4 Å². The summed E-state index contributed by atoms with van der Waals surface area (Å²) < 4.78 is 0. The molecule has 4 nitrogen and oxygen atoms in total. The summed E-state index contributed by atoms with van der Waals surface area (Å²) in [4.78, 5) is 24.1. The van der Waals surface area contributed by atoms with Crippen LogP contribution in [0.25, 0.3) is 0 Å². The Bertz CT molecular complexity index is 505. The first-order valence-corrected chi connectivity index (χ1v) is 7.25. The Labute approximate surface area is 119 Å². The lowest BCUT2D eigenvalue weighted by Gasteiger charge is -2.22. The van der Waals surface area contributed by atoms with Gasteiger partial charge in [0.05, 0.1) is 0 Å².